The van der Waals surface area contributed by atoms with Crippen LogP contribution in [0.2, 0.25) is 0 Å². The van der Waals surface area contributed by atoms with Crippen molar-refractivity contribution in [2.75, 3.05) is 0 Å². The molecule has 1 aromatic carbocycles. The number of aliphatic carboxylic acids is 1. The van der Waals surface area contributed by atoms with Crippen molar-refractivity contribution < 1.29 is 19.1 Å². The van der Waals surface area contributed by atoms with E-state index in [9.17, 15) is 14.7 Å². The first-order valence-electron chi connectivity index (χ1n) is 7.44. The summed E-state index contributed by atoms with van der Waals surface area (Å²) in [5.74, 6) is -0.838. The lowest BCUT2D eigenvalue weighted by Crippen LogP contribution is -2.37. The van der Waals surface area contributed by atoms with Crippen LogP contribution in [0.4, 0.5) is 0 Å². The molecule has 0 unspecified atom stereocenters. The first-order chi connectivity index (χ1) is 10.5. The van der Waals surface area contributed by atoms with Gasteiger partial charge in [0.25, 0.3) is 0 Å². The molecule has 0 radical (unpaired) electrons. The number of carboxylic acid groups (broad SMARTS) is 1. The van der Waals surface area contributed by atoms with E-state index in [1.807, 2.05) is 6.92 Å². The highest BCUT2D eigenvalue weighted by Crippen LogP contribution is 2.34. The van der Waals surface area contributed by atoms with E-state index >= 15 is 0 Å². The molecular weight excluding hydrogens is 284 g/mol. The van der Waals surface area contributed by atoms with Gasteiger partial charge in [0, 0.05) is 5.56 Å². The Kier molecular flexibility index (Phi) is 3.64. The second-order valence-electron chi connectivity index (χ2n) is 5.77. The maximum absolute atomic E-state index is 12.1. The Balaban J connectivity index is 2.26. The van der Waals surface area contributed by atoms with Crippen molar-refractivity contribution in [3.05, 3.63) is 39.2 Å². The number of ether oxygens (including phenoxy) is 1. The van der Waals surface area contributed by atoms with Gasteiger partial charge in [-0.1, -0.05) is 0 Å². The van der Waals surface area contributed by atoms with Crippen LogP contribution in [0.25, 0.3) is 11.0 Å². The predicted octanol–water partition coefficient (Wildman–Crippen LogP) is 1.50. The van der Waals surface area contributed by atoms with Gasteiger partial charge in [-0.25, -0.2) is 4.79 Å². The van der Waals surface area contributed by atoms with E-state index in [1.165, 1.54) is 6.92 Å². The van der Waals surface area contributed by atoms with Crippen LogP contribution in [0, 0.1) is 6.92 Å². The number of carbonyl (C=O) groups excluding carboxylic acids is 1. The van der Waals surface area contributed by atoms with E-state index in [1.54, 1.807) is 12.1 Å². The summed E-state index contributed by atoms with van der Waals surface area (Å²) in [6, 6.07) is 3.55. The van der Waals surface area contributed by atoms with Crippen LogP contribution in [-0.4, -0.2) is 12.1 Å². The SMILES string of the molecule is Cc1cc(O[C@@H](C)C(=O)[O-])c2c3c(c(=O)oc2c1)CCCC3. The monoisotopic (exact) mass is 301 g/mol. The van der Waals surface area contributed by atoms with Crippen LogP contribution in [0.15, 0.2) is 21.3 Å². The molecule has 1 atom stereocenters. The molecular formula is C17H17O5-. The Morgan fingerprint density at radius 2 is 1.95 bits per heavy atom. The zero-order valence-electron chi connectivity index (χ0n) is 12.6. The molecule has 1 aliphatic carbocycles. The summed E-state index contributed by atoms with van der Waals surface area (Å²) in [6.45, 7) is 3.27. The van der Waals surface area contributed by atoms with Crippen LogP contribution in [0.3, 0.4) is 0 Å². The Morgan fingerprint density at radius 1 is 1.27 bits per heavy atom. The number of benzene rings is 1. The molecule has 1 aromatic heterocycles. The molecule has 0 amide bonds. The van der Waals surface area contributed by atoms with E-state index in [-0.39, 0.29) is 5.63 Å². The molecule has 5 nitrogen and oxygen atoms in total. The van der Waals surface area contributed by atoms with Gasteiger partial charge in [-0.15, -0.1) is 0 Å². The lowest BCUT2D eigenvalue weighted by Gasteiger charge is -2.21. The summed E-state index contributed by atoms with van der Waals surface area (Å²) >= 11 is 0. The largest absolute Gasteiger partial charge is 0.546 e. The lowest BCUT2D eigenvalue weighted by atomic mass is 9.90. The third-order valence-electron chi connectivity index (χ3n) is 4.06. The van der Waals surface area contributed by atoms with Crippen molar-refractivity contribution in [3.8, 4) is 5.75 Å². The number of carboxylic acids is 1. The van der Waals surface area contributed by atoms with Gasteiger partial charge in [0.05, 0.1) is 11.4 Å². The Hall–Kier alpha value is -2.30. The molecule has 1 heterocycles. The van der Waals surface area contributed by atoms with Crippen LogP contribution < -0.4 is 15.5 Å². The molecule has 116 valence electrons. The number of carbonyl (C=O) groups is 1. The zero-order valence-corrected chi connectivity index (χ0v) is 12.6. The highest BCUT2D eigenvalue weighted by Gasteiger charge is 2.21. The topological polar surface area (TPSA) is 79.6 Å². The number of fused-ring (bicyclic) bond motifs is 3. The fraction of sp³-hybridized carbons (Fsp3) is 0.412. The molecule has 22 heavy (non-hydrogen) atoms. The van der Waals surface area contributed by atoms with Crippen molar-refractivity contribution in [3.63, 3.8) is 0 Å². The molecule has 0 spiro atoms. The number of hydrogen-bond donors (Lipinski definition) is 0. The minimum atomic E-state index is -1.28. The molecule has 0 N–H and O–H groups in total. The van der Waals surface area contributed by atoms with Crippen LogP contribution in [-0.2, 0) is 17.6 Å². The van der Waals surface area contributed by atoms with Crippen LogP contribution in [0.5, 0.6) is 5.75 Å². The minimum absolute atomic E-state index is 0.299. The zero-order chi connectivity index (χ0) is 15.9. The van der Waals surface area contributed by atoms with Gasteiger partial charge in [0.2, 0.25) is 0 Å². The summed E-state index contributed by atoms with van der Waals surface area (Å²) in [5, 5.41) is 11.7. The molecule has 5 heteroatoms. The highest BCUT2D eigenvalue weighted by atomic mass is 16.5. The third-order valence-corrected chi connectivity index (χ3v) is 4.06. The summed E-state index contributed by atoms with van der Waals surface area (Å²) < 4.78 is 11.0. The second-order valence-corrected chi connectivity index (χ2v) is 5.77. The normalized spacial score (nSPS) is 15.4. The lowest BCUT2D eigenvalue weighted by molar-refractivity contribution is -0.312. The van der Waals surface area contributed by atoms with Crippen molar-refractivity contribution in [1.29, 1.82) is 0 Å². The van der Waals surface area contributed by atoms with E-state index < -0.39 is 12.1 Å². The molecule has 0 saturated carbocycles. The number of rotatable bonds is 3. The fourth-order valence-electron chi connectivity index (χ4n) is 3.00. The van der Waals surface area contributed by atoms with Gasteiger partial charge in [-0.2, -0.15) is 0 Å². The molecule has 0 bridgehead atoms. The summed E-state index contributed by atoms with van der Waals surface area (Å²) in [4.78, 5) is 23.1. The molecule has 3 rings (SSSR count). The number of hydrogen-bond acceptors (Lipinski definition) is 5. The van der Waals surface area contributed by atoms with Gasteiger partial charge in [0.1, 0.15) is 17.4 Å². The van der Waals surface area contributed by atoms with E-state index in [4.69, 9.17) is 9.15 Å². The van der Waals surface area contributed by atoms with E-state index in [0.29, 0.717) is 28.7 Å². The van der Waals surface area contributed by atoms with Gasteiger partial charge >= 0.3 is 5.63 Å². The predicted molar refractivity (Wildman–Crippen MR) is 79.0 cm³/mol. The minimum Gasteiger partial charge on any atom is -0.546 e. The van der Waals surface area contributed by atoms with Crippen LogP contribution in [0.1, 0.15) is 36.5 Å². The second kappa shape index (κ2) is 5.48. The Morgan fingerprint density at radius 3 is 2.64 bits per heavy atom. The summed E-state index contributed by atoms with van der Waals surface area (Å²) in [6.07, 6.45) is 2.35. The van der Waals surface area contributed by atoms with Crippen LogP contribution >= 0.6 is 0 Å². The standard InChI is InChI=1S/C17H18O5/c1-9-7-13(21-10(2)16(18)19)15-11-5-3-4-6-12(11)17(20)22-14(15)8-9/h7-8,10H,3-6H2,1-2H3,(H,18,19)/p-1/t10-/m0/s1. The number of aryl methyl sites for hydroxylation is 2. The summed E-state index contributed by atoms with van der Waals surface area (Å²) in [7, 11) is 0. The average Bonchev–Trinajstić information content (AvgIpc) is 2.46. The van der Waals surface area contributed by atoms with E-state index in [0.717, 1.165) is 30.4 Å². The van der Waals surface area contributed by atoms with Crippen molar-refractivity contribution in [1.82, 2.24) is 0 Å². The Labute approximate surface area is 127 Å². The average molecular weight is 301 g/mol. The highest BCUT2D eigenvalue weighted by molar-refractivity contribution is 5.89. The molecule has 2 aromatic rings. The molecule has 1 aliphatic rings. The smallest absolute Gasteiger partial charge is 0.339 e. The Bertz CT molecular complexity index is 803. The first-order valence-corrected chi connectivity index (χ1v) is 7.44. The van der Waals surface area contributed by atoms with Gasteiger partial charge in [0.15, 0.2) is 0 Å². The van der Waals surface area contributed by atoms with Crippen molar-refractivity contribution in [2.45, 2.75) is 45.6 Å². The maximum Gasteiger partial charge on any atom is 0.339 e. The third kappa shape index (κ3) is 2.47. The van der Waals surface area contributed by atoms with Crippen molar-refractivity contribution >= 4 is 16.9 Å². The first kappa shape index (κ1) is 14.6. The van der Waals surface area contributed by atoms with Gasteiger partial charge in [-0.3, -0.25) is 0 Å². The van der Waals surface area contributed by atoms with Gasteiger partial charge in [-0.05, 0) is 62.8 Å². The quantitative estimate of drug-likeness (QED) is 0.803. The molecule has 0 aliphatic heterocycles. The van der Waals surface area contributed by atoms with E-state index in [2.05, 4.69) is 0 Å². The fourth-order valence-corrected chi connectivity index (χ4v) is 3.00. The maximum atomic E-state index is 12.1. The van der Waals surface area contributed by atoms with Gasteiger partial charge < -0.3 is 19.1 Å². The van der Waals surface area contributed by atoms with Crippen molar-refractivity contribution in [2.24, 2.45) is 0 Å². The summed E-state index contributed by atoms with van der Waals surface area (Å²) in [5.41, 5.74) is 2.61. The molecule has 0 fully saturated rings. The molecule has 0 saturated heterocycles.